The molecule has 0 fully saturated rings. The second kappa shape index (κ2) is 2.96. The number of carboxylic acid groups (broad SMARTS) is 1. The first-order valence-electron chi connectivity index (χ1n) is 3.11. The van der Waals surface area contributed by atoms with Crippen molar-refractivity contribution in [3.63, 3.8) is 0 Å². The van der Waals surface area contributed by atoms with E-state index in [2.05, 4.69) is 0 Å². The molecule has 0 saturated heterocycles. The maximum absolute atomic E-state index is 12.7. The summed E-state index contributed by atoms with van der Waals surface area (Å²) in [6.45, 7) is 0. The van der Waals surface area contributed by atoms with Crippen molar-refractivity contribution >= 4 is 11.7 Å². The number of carboxylic acids is 1. The van der Waals surface area contributed by atoms with Crippen molar-refractivity contribution in [2.45, 2.75) is 0 Å². The summed E-state index contributed by atoms with van der Waals surface area (Å²) in [5.74, 6) is -6.35. The van der Waals surface area contributed by atoms with Crippen LogP contribution in [0.2, 0.25) is 0 Å². The highest BCUT2D eigenvalue weighted by Crippen LogP contribution is 2.22. The number of hydrogen-bond donors (Lipinski definition) is 2. The Morgan fingerprint density at radius 2 is 1.85 bits per heavy atom. The van der Waals surface area contributed by atoms with Crippen LogP contribution in [0.1, 0.15) is 10.4 Å². The van der Waals surface area contributed by atoms with Crippen LogP contribution in [-0.4, -0.2) is 11.1 Å². The summed E-state index contributed by atoms with van der Waals surface area (Å²) in [5, 5.41) is 8.34. The highest BCUT2D eigenvalue weighted by molar-refractivity contribution is 5.94. The van der Waals surface area contributed by atoms with E-state index in [1.54, 1.807) is 0 Å². The van der Waals surface area contributed by atoms with Crippen molar-refractivity contribution in [3.05, 3.63) is 29.1 Å². The van der Waals surface area contributed by atoms with Crippen LogP contribution in [0.3, 0.4) is 0 Å². The first-order chi connectivity index (χ1) is 5.95. The standard InChI is InChI=1S/C7H4F3NO2/c8-2-1-3(9)6(11)4(5(2)10)7(12)13/h1H,11H2,(H,12,13). The van der Waals surface area contributed by atoms with E-state index in [-0.39, 0.29) is 6.07 Å². The Bertz CT molecular complexity index is 352. The lowest BCUT2D eigenvalue weighted by Crippen LogP contribution is -2.09. The van der Waals surface area contributed by atoms with Gasteiger partial charge in [-0.15, -0.1) is 0 Å². The number of halogens is 3. The number of aromatic carboxylic acids is 1. The Morgan fingerprint density at radius 1 is 1.31 bits per heavy atom. The molecule has 0 radical (unpaired) electrons. The average molecular weight is 191 g/mol. The third kappa shape index (κ3) is 1.42. The van der Waals surface area contributed by atoms with Gasteiger partial charge in [0.1, 0.15) is 11.4 Å². The molecule has 0 atom stereocenters. The van der Waals surface area contributed by atoms with Crippen molar-refractivity contribution in [1.29, 1.82) is 0 Å². The van der Waals surface area contributed by atoms with E-state index in [0.717, 1.165) is 0 Å². The van der Waals surface area contributed by atoms with Crippen molar-refractivity contribution in [3.8, 4) is 0 Å². The fraction of sp³-hybridized carbons (Fsp3) is 0. The second-order valence-corrected chi connectivity index (χ2v) is 2.25. The number of rotatable bonds is 1. The monoisotopic (exact) mass is 191 g/mol. The molecule has 13 heavy (non-hydrogen) atoms. The second-order valence-electron chi connectivity index (χ2n) is 2.25. The molecule has 1 aromatic carbocycles. The van der Waals surface area contributed by atoms with E-state index in [1.165, 1.54) is 0 Å². The van der Waals surface area contributed by atoms with Gasteiger partial charge in [-0.1, -0.05) is 0 Å². The van der Waals surface area contributed by atoms with Crippen molar-refractivity contribution in [2.24, 2.45) is 0 Å². The van der Waals surface area contributed by atoms with Gasteiger partial charge in [0, 0.05) is 6.07 Å². The summed E-state index contributed by atoms with van der Waals surface area (Å²) in [6, 6.07) is 0.192. The van der Waals surface area contributed by atoms with Crippen LogP contribution in [0.5, 0.6) is 0 Å². The van der Waals surface area contributed by atoms with Crippen LogP contribution in [-0.2, 0) is 0 Å². The molecule has 0 aromatic heterocycles. The van der Waals surface area contributed by atoms with E-state index < -0.39 is 34.7 Å². The van der Waals surface area contributed by atoms with Crippen LogP contribution in [0.25, 0.3) is 0 Å². The summed E-state index contributed by atoms with van der Waals surface area (Å²) >= 11 is 0. The fourth-order valence-electron chi connectivity index (χ4n) is 0.819. The third-order valence-electron chi connectivity index (χ3n) is 1.42. The number of anilines is 1. The first kappa shape index (κ1) is 9.37. The van der Waals surface area contributed by atoms with Crippen molar-refractivity contribution in [1.82, 2.24) is 0 Å². The molecule has 0 saturated carbocycles. The maximum Gasteiger partial charge on any atom is 0.341 e. The Kier molecular flexibility index (Phi) is 2.14. The Balaban J connectivity index is 3.56. The predicted molar refractivity (Wildman–Crippen MR) is 37.7 cm³/mol. The number of carbonyl (C=O) groups is 1. The molecule has 0 unspecified atom stereocenters. The molecule has 1 rings (SSSR count). The zero-order valence-electron chi connectivity index (χ0n) is 6.14. The molecular formula is C7H4F3NO2. The minimum Gasteiger partial charge on any atom is -0.478 e. The smallest absolute Gasteiger partial charge is 0.341 e. The van der Waals surface area contributed by atoms with Gasteiger partial charge in [-0.25, -0.2) is 18.0 Å². The molecule has 0 aliphatic heterocycles. The molecular weight excluding hydrogens is 187 g/mol. The molecule has 0 aliphatic rings. The number of nitrogen functional groups attached to an aromatic ring is 1. The molecule has 0 amide bonds. The van der Waals surface area contributed by atoms with Crippen molar-refractivity contribution in [2.75, 3.05) is 5.73 Å². The number of nitrogens with two attached hydrogens (primary N) is 1. The molecule has 6 heteroatoms. The van der Waals surface area contributed by atoms with E-state index in [0.29, 0.717) is 0 Å². The lowest BCUT2D eigenvalue weighted by Gasteiger charge is -2.03. The van der Waals surface area contributed by atoms with Gasteiger partial charge in [0.05, 0.1) is 5.69 Å². The van der Waals surface area contributed by atoms with Gasteiger partial charge in [-0.05, 0) is 0 Å². The Labute approximate surface area is 70.6 Å². The molecule has 1 aromatic rings. The van der Waals surface area contributed by atoms with Crippen LogP contribution >= 0.6 is 0 Å². The molecule has 0 spiro atoms. The van der Waals surface area contributed by atoms with Crippen molar-refractivity contribution < 1.29 is 23.1 Å². The van der Waals surface area contributed by atoms with Gasteiger partial charge in [0.25, 0.3) is 0 Å². The lowest BCUT2D eigenvalue weighted by atomic mass is 10.1. The van der Waals surface area contributed by atoms with Gasteiger partial charge in [-0.3, -0.25) is 0 Å². The predicted octanol–water partition coefficient (Wildman–Crippen LogP) is 1.38. The molecule has 3 N–H and O–H groups in total. The molecule has 3 nitrogen and oxygen atoms in total. The zero-order valence-corrected chi connectivity index (χ0v) is 6.14. The van der Waals surface area contributed by atoms with E-state index in [1.807, 2.05) is 0 Å². The largest absolute Gasteiger partial charge is 0.478 e. The summed E-state index contributed by atoms with van der Waals surface area (Å²) in [4.78, 5) is 10.3. The minimum absolute atomic E-state index is 0.192. The topological polar surface area (TPSA) is 63.3 Å². The summed E-state index contributed by atoms with van der Waals surface area (Å²) < 4.78 is 37.7. The van der Waals surface area contributed by atoms with Gasteiger partial charge in [0.2, 0.25) is 0 Å². The molecule has 0 aliphatic carbocycles. The maximum atomic E-state index is 12.7. The molecule has 0 bridgehead atoms. The highest BCUT2D eigenvalue weighted by Gasteiger charge is 2.21. The lowest BCUT2D eigenvalue weighted by molar-refractivity contribution is 0.0691. The Hall–Kier alpha value is -1.72. The van der Waals surface area contributed by atoms with Crippen LogP contribution < -0.4 is 5.73 Å². The van der Waals surface area contributed by atoms with Gasteiger partial charge >= 0.3 is 5.97 Å². The quantitative estimate of drug-likeness (QED) is 0.520. The van der Waals surface area contributed by atoms with Gasteiger partial charge in [0.15, 0.2) is 11.6 Å². The summed E-state index contributed by atoms with van der Waals surface area (Å²) in [6.07, 6.45) is 0. The summed E-state index contributed by atoms with van der Waals surface area (Å²) in [7, 11) is 0. The van der Waals surface area contributed by atoms with Gasteiger partial charge in [-0.2, -0.15) is 0 Å². The highest BCUT2D eigenvalue weighted by atomic mass is 19.2. The average Bonchev–Trinajstić information content (AvgIpc) is 2.01. The van der Waals surface area contributed by atoms with E-state index >= 15 is 0 Å². The minimum atomic E-state index is -1.81. The van der Waals surface area contributed by atoms with E-state index in [9.17, 15) is 18.0 Å². The number of benzene rings is 1. The van der Waals surface area contributed by atoms with Crippen LogP contribution in [0.4, 0.5) is 18.9 Å². The normalized spacial score (nSPS) is 10.1. The van der Waals surface area contributed by atoms with E-state index in [4.69, 9.17) is 10.8 Å². The summed E-state index contributed by atoms with van der Waals surface area (Å²) in [5.41, 5.74) is 2.80. The first-order valence-corrected chi connectivity index (χ1v) is 3.11. The SMILES string of the molecule is Nc1c(F)cc(F)c(F)c1C(=O)O. The molecule has 70 valence electrons. The molecule has 0 heterocycles. The fourth-order valence-corrected chi connectivity index (χ4v) is 0.819. The zero-order chi connectivity index (χ0) is 10.2. The van der Waals surface area contributed by atoms with Crippen LogP contribution in [0, 0.1) is 17.5 Å². The number of hydrogen-bond acceptors (Lipinski definition) is 2. The Morgan fingerprint density at radius 3 is 2.31 bits per heavy atom. The van der Waals surface area contributed by atoms with Crippen LogP contribution in [0.15, 0.2) is 6.07 Å². The van der Waals surface area contributed by atoms with Gasteiger partial charge < -0.3 is 10.8 Å². The third-order valence-corrected chi connectivity index (χ3v) is 1.42.